The number of fused-ring (bicyclic) bond motifs is 1. The van der Waals surface area contributed by atoms with Crippen molar-refractivity contribution in [3.8, 4) is 0 Å². The second-order valence-corrected chi connectivity index (χ2v) is 9.01. The molecule has 2 saturated heterocycles. The number of hydrogen-bond acceptors (Lipinski definition) is 4. The Balaban J connectivity index is 1.32. The summed E-state index contributed by atoms with van der Waals surface area (Å²) in [6, 6.07) is 9.32. The van der Waals surface area contributed by atoms with E-state index in [1.807, 2.05) is 0 Å². The maximum Gasteiger partial charge on any atom is 0.155 e. The maximum absolute atomic E-state index is 4.96. The molecule has 2 fully saturated rings. The number of rotatable bonds is 9. The first kappa shape index (κ1) is 20.7. The lowest BCUT2D eigenvalue weighted by atomic mass is 10.1. The van der Waals surface area contributed by atoms with Crippen molar-refractivity contribution in [1.82, 2.24) is 19.6 Å². The van der Waals surface area contributed by atoms with E-state index in [9.17, 15) is 0 Å². The molecule has 29 heavy (non-hydrogen) atoms. The van der Waals surface area contributed by atoms with Crippen LogP contribution in [0, 0.1) is 0 Å². The summed E-state index contributed by atoms with van der Waals surface area (Å²) in [5, 5.41) is 9.85. The SMILES string of the molecule is CC(CCn1nc(NCCCN2CCCCC2)c2ccccc21)N1CCCCC1. The van der Waals surface area contributed by atoms with Gasteiger partial charge in [-0.1, -0.05) is 25.0 Å². The van der Waals surface area contributed by atoms with Crippen LogP contribution in [-0.4, -0.2) is 64.9 Å². The van der Waals surface area contributed by atoms with Crippen molar-refractivity contribution in [2.24, 2.45) is 0 Å². The lowest BCUT2D eigenvalue weighted by molar-refractivity contribution is 0.162. The Morgan fingerprint density at radius 3 is 2.45 bits per heavy atom. The van der Waals surface area contributed by atoms with Gasteiger partial charge in [0.25, 0.3) is 0 Å². The molecule has 3 heterocycles. The third-order valence-corrected chi connectivity index (χ3v) is 6.82. The third kappa shape index (κ3) is 5.52. The molecule has 160 valence electrons. The lowest BCUT2D eigenvalue weighted by Crippen LogP contribution is -2.37. The number of hydrogen-bond donors (Lipinski definition) is 1. The zero-order valence-electron chi connectivity index (χ0n) is 18.3. The highest BCUT2D eigenvalue weighted by molar-refractivity contribution is 5.90. The van der Waals surface area contributed by atoms with Gasteiger partial charge in [0.2, 0.25) is 0 Å². The van der Waals surface area contributed by atoms with Gasteiger partial charge in [-0.3, -0.25) is 4.68 Å². The Morgan fingerprint density at radius 2 is 1.66 bits per heavy atom. The van der Waals surface area contributed by atoms with E-state index < -0.39 is 0 Å². The summed E-state index contributed by atoms with van der Waals surface area (Å²) < 4.78 is 2.22. The second kappa shape index (κ2) is 10.4. The minimum absolute atomic E-state index is 0.638. The van der Waals surface area contributed by atoms with Gasteiger partial charge in [0.1, 0.15) is 0 Å². The summed E-state index contributed by atoms with van der Waals surface area (Å²) in [7, 11) is 0. The zero-order valence-corrected chi connectivity index (χ0v) is 18.3. The number of nitrogens with zero attached hydrogens (tertiary/aromatic N) is 4. The van der Waals surface area contributed by atoms with Crippen molar-refractivity contribution in [1.29, 1.82) is 0 Å². The first-order chi connectivity index (χ1) is 14.3. The Labute approximate surface area is 176 Å². The number of anilines is 1. The Kier molecular flexibility index (Phi) is 7.44. The second-order valence-electron chi connectivity index (χ2n) is 9.01. The predicted octanol–water partition coefficient (Wildman–Crippen LogP) is 4.59. The van der Waals surface area contributed by atoms with Crippen molar-refractivity contribution in [3.63, 3.8) is 0 Å². The van der Waals surface area contributed by atoms with Crippen molar-refractivity contribution in [2.45, 2.75) is 70.9 Å². The first-order valence-corrected chi connectivity index (χ1v) is 12.0. The number of nitrogens with one attached hydrogen (secondary N) is 1. The number of para-hydroxylation sites is 1. The van der Waals surface area contributed by atoms with Gasteiger partial charge in [-0.25, -0.2) is 0 Å². The van der Waals surface area contributed by atoms with Gasteiger partial charge < -0.3 is 15.1 Å². The van der Waals surface area contributed by atoms with Crippen LogP contribution in [-0.2, 0) is 6.54 Å². The van der Waals surface area contributed by atoms with Crippen molar-refractivity contribution in [3.05, 3.63) is 24.3 Å². The number of aryl methyl sites for hydroxylation is 1. The molecular formula is C24H39N5. The number of piperidine rings is 2. The Hall–Kier alpha value is -1.59. The lowest BCUT2D eigenvalue weighted by Gasteiger charge is -2.32. The third-order valence-electron chi connectivity index (χ3n) is 6.82. The normalized spacial score (nSPS) is 20.2. The van der Waals surface area contributed by atoms with E-state index in [2.05, 4.69) is 51.0 Å². The maximum atomic E-state index is 4.96. The highest BCUT2D eigenvalue weighted by Crippen LogP contribution is 2.24. The molecule has 1 aromatic heterocycles. The van der Waals surface area contributed by atoms with Gasteiger partial charge in [-0.05, 0) is 90.3 Å². The molecular weight excluding hydrogens is 358 g/mol. The van der Waals surface area contributed by atoms with Crippen LogP contribution in [0.25, 0.3) is 10.9 Å². The van der Waals surface area contributed by atoms with Crippen LogP contribution < -0.4 is 5.32 Å². The number of benzene rings is 1. The van der Waals surface area contributed by atoms with E-state index in [4.69, 9.17) is 5.10 Å². The van der Waals surface area contributed by atoms with Crippen LogP contribution in [0.5, 0.6) is 0 Å². The Morgan fingerprint density at radius 1 is 0.931 bits per heavy atom. The highest BCUT2D eigenvalue weighted by atomic mass is 15.3. The van der Waals surface area contributed by atoms with E-state index in [-0.39, 0.29) is 0 Å². The number of aromatic nitrogens is 2. The number of likely N-dealkylation sites (tertiary alicyclic amines) is 2. The van der Waals surface area contributed by atoms with E-state index in [1.54, 1.807) is 0 Å². The quantitative estimate of drug-likeness (QED) is 0.628. The molecule has 0 aliphatic carbocycles. The predicted molar refractivity (Wildman–Crippen MR) is 123 cm³/mol. The van der Waals surface area contributed by atoms with Crippen LogP contribution in [0.15, 0.2) is 24.3 Å². The highest BCUT2D eigenvalue weighted by Gasteiger charge is 2.17. The molecule has 5 nitrogen and oxygen atoms in total. The Bertz CT molecular complexity index is 743. The van der Waals surface area contributed by atoms with E-state index in [1.165, 1.54) is 95.0 Å². The zero-order chi connectivity index (χ0) is 19.9. The van der Waals surface area contributed by atoms with Crippen LogP contribution in [0.2, 0.25) is 0 Å². The molecule has 2 aliphatic heterocycles. The largest absolute Gasteiger partial charge is 0.368 e. The molecule has 1 atom stereocenters. The topological polar surface area (TPSA) is 36.3 Å². The molecule has 0 radical (unpaired) electrons. The van der Waals surface area contributed by atoms with Gasteiger partial charge in [0, 0.05) is 24.5 Å². The van der Waals surface area contributed by atoms with Crippen LogP contribution >= 0.6 is 0 Å². The average molecular weight is 398 g/mol. The van der Waals surface area contributed by atoms with E-state index >= 15 is 0 Å². The minimum atomic E-state index is 0.638. The summed E-state index contributed by atoms with van der Waals surface area (Å²) in [4.78, 5) is 5.28. The van der Waals surface area contributed by atoms with Gasteiger partial charge in [-0.2, -0.15) is 5.10 Å². The van der Waals surface area contributed by atoms with Crippen molar-refractivity contribution < 1.29 is 0 Å². The van der Waals surface area contributed by atoms with Crippen LogP contribution in [0.1, 0.15) is 58.3 Å². The molecule has 1 N–H and O–H groups in total. The van der Waals surface area contributed by atoms with Gasteiger partial charge >= 0.3 is 0 Å². The van der Waals surface area contributed by atoms with E-state index in [0.717, 1.165) is 18.9 Å². The molecule has 5 heteroatoms. The molecule has 2 aliphatic rings. The summed E-state index contributed by atoms with van der Waals surface area (Å²) in [5.41, 5.74) is 1.26. The summed E-state index contributed by atoms with van der Waals surface area (Å²) in [5.74, 6) is 1.06. The fraction of sp³-hybridized carbons (Fsp3) is 0.708. The van der Waals surface area contributed by atoms with Gasteiger partial charge in [-0.15, -0.1) is 0 Å². The minimum Gasteiger partial charge on any atom is -0.368 e. The average Bonchev–Trinajstić information content (AvgIpc) is 3.14. The van der Waals surface area contributed by atoms with Crippen LogP contribution in [0.4, 0.5) is 5.82 Å². The first-order valence-electron chi connectivity index (χ1n) is 12.0. The molecule has 0 amide bonds. The smallest absolute Gasteiger partial charge is 0.155 e. The summed E-state index contributed by atoms with van der Waals surface area (Å²) in [6.07, 6.45) is 10.6. The standard InChI is InChI=1S/C24H39N5/c1-21(28-18-8-3-9-19-28)13-20-29-23-12-5-4-11-22(23)24(26-29)25-14-10-17-27-15-6-2-7-16-27/h4-5,11-12,21H,2-3,6-10,13-20H2,1H3,(H,25,26). The monoisotopic (exact) mass is 397 g/mol. The van der Waals surface area contributed by atoms with Crippen molar-refractivity contribution in [2.75, 3.05) is 44.6 Å². The molecule has 0 spiro atoms. The molecule has 0 saturated carbocycles. The summed E-state index contributed by atoms with van der Waals surface area (Å²) >= 11 is 0. The fourth-order valence-electron chi connectivity index (χ4n) is 4.97. The van der Waals surface area contributed by atoms with Gasteiger partial charge in [0.05, 0.1) is 5.52 Å². The molecule has 4 rings (SSSR count). The fourth-order valence-corrected chi connectivity index (χ4v) is 4.97. The molecule has 1 unspecified atom stereocenters. The summed E-state index contributed by atoms with van der Waals surface area (Å²) in [6.45, 7) is 10.7. The molecule has 0 bridgehead atoms. The van der Waals surface area contributed by atoms with E-state index in [0.29, 0.717) is 6.04 Å². The van der Waals surface area contributed by atoms with Crippen molar-refractivity contribution >= 4 is 16.7 Å². The molecule has 1 aromatic carbocycles. The van der Waals surface area contributed by atoms with Gasteiger partial charge in [0.15, 0.2) is 5.82 Å². The van der Waals surface area contributed by atoms with Crippen LogP contribution in [0.3, 0.4) is 0 Å². The molecule has 2 aromatic rings.